The van der Waals surface area contributed by atoms with E-state index in [1.54, 1.807) is 30.3 Å². The van der Waals surface area contributed by atoms with Crippen LogP contribution in [0.2, 0.25) is 0 Å². The van der Waals surface area contributed by atoms with Crippen LogP contribution in [0, 0.1) is 0 Å². The van der Waals surface area contributed by atoms with Crippen LogP contribution in [-0.2, 0) is 0 Å². The van der Waals surface area contributed by atoms with Gasteiger partial charge in [0.15, 0.2) is 5.78 Å². The second kappa shape index (κ2) is 5.17. The second-order valence-corrected chi connectivity index (χ2v) is 4.13. The minimum Gasteiger partial charge on any atom is -0.423 e. The van der Waals surface area contributed by atoms with Gasteiger partial charge in [0.25, 0.3) is 0 Å². The van der Waals surface area contributed by atoms with Gasteiger partial charge in [-0.15, -0.1) is 0 Å². The van der Waals surface area contributed by atoms with Gasteiger partial charge in [-0.1, -0.05) is 48.5 Å². The highest BCUT2D eigenvalue weighted by atomic mass is 16.4. The Morgan fingerprint density at radius 3 is 2.22 bits per heavy atom. The molecule has 2 aromatic carbocycles. The molecular weight excluding hydrogens is 227 g/mol. The summed E-state index contributed by atoms with van der Waals surface area (Å²) in [5.41, 5.74) is 2.93. The summed E-state index contributed by atoms with van der Waals surface area (Å²) in [5.74, 6) is 0.0288. The van der Waals surface area contributed by atoms with E-state index in [0.717, 1.165) is 11.1 Å². The van der Waals surface area contributed by atoms with Crippen LogP contribution < -0.4 is 5.46 Å². The first-order valence-electron chi connectivity index (χ1n) is 5.65. The lowest BCUT2D eigenvalue weighted by Crippen LogP contribution is -2.29. The molecule has 18 heavy (non-hydrogen) atoms. The molecule has 0 unspecified atom stereocenters. The molecule has 0 spiro atoms. The number of benzene rings is 2. The third-order valence-electron chi connectivity index (χ3n) is 2.81. The smallest absolute Gasteiger partial charge is 0.423 e. The predicted octanol–water partition coefficient (Wildman–Crippen LogP) is 1.24. The lowest BCUT2D eigenvalue weighted by Gasteiger charge is -2.05. The number of carbonyl (C=O) groups excluding carboxylic acids is 1. The molecule has 90 valence electrons. The molecule has 0 saturated carbocycles. The summed E-state index contributed by atoms with van der Waals surface area (Å²) in [6.45, 7) is 1.53. The maximum absolute atomic E-state index is 11.2. The third-order valence-corrected chi connectivity index (χ3v) is 2.81. The standard InChI is InChI=1S/C14H13BO3/c1-10(16)11-5-7-12(8-6-11)13-3-2-4-14(9-13)15(17)18/h2-9,17-18H,1H3. The predicted molar refractivity (Wildman–Crippen MR) is 71.7 cm³/mol. The van der Waals surface area contributed by atoms with Crippen molar-refractivity contribution in [3.8, 4) is 11.1 Å². The van der Waals surface area contributed by atoms with Gasteiger partial charge in [-0.25, -0.2) is 0 Å². The van der Waals surface area contributed by atoms with Crippen LogP contribution in [0.3, 0.4) is 0 Å². The van der Waals surface area contributed by atoms with Gasteiger partial charge >= 0.3 is 7.12 Å². The highest BCUT2D eigenvalue weighted by Crippen LogP contribution is 2.18. The molecule has 0 fully saturated rings. The maximum atomic E-state index is 11.2. The van der Waals surface area contributed by atoms with E-state index in [4.69, 9.17) is 10.0 Å². The van der Waals surface area contributed by atoms with E-state index in [9.17, 15) is 4.79 Å². The molecule has 0 aromatic heterocycles. The number of rotatable bonds is 3. The molecule has 3 nitrogen and oxygen atoms in total. The van der Waals surface area contributed by atoms with Crippen molar-refractivity contribution in [2.24, 2.45) is 0 Å². The fourth-order valence-corrected chi connectivity index (χ4v) is 1.78. The summed E-state index contributed by atoms with van der Waals surface area (Å²) in [6.07, 6.45) is 0. The van der Waals surface area contributed by atoms with Crippen molar-refractivity contribution in [2.45, 2.75) is 6.92 Å². The Bertz CT molecular complexity index is 562. The van der Waals surface area contributed by atoms with Gasteiger partial charge < -0.3 is 10.0 Å². The third kappa shape index (κ3) is 2.67. The Morgan fingerprint density at radius 1 is 1.00 bits per heavy atom. The molecule has 4 heteroatoms. The minimum atomic E-state index is -1.47. The fourth-order valence-electron chi connectivity index (χ4n) is 1.78. The quantitative estimate of drug-likeness (QED) is 0.626. The SMILES string of the molecule is CC(=O)c1ccc(-c2cccc(B(O)O)c2)cc1. The van der Waals surface area contributed by atoms with E-state index in [2.05, 4.69) is 0 Å². The Labute approximate surface area is 106 Å². The Balaban J connectivity index is 2.36. The molecule has 0 saturated heterocycles. The molecule has 0 amide bonds. The largest absolute Gasteiger partial charge is 0.488 e. The molecule has 0 atom stereocenters. The summed E-state index contributed by atoms with van der Waals surface area (Å²) in [5, 5.41) is 18.2. The Morgan fingerprint density at radius 2 is 1.67 bits per heavy atom. The highest BCUT2D eigenvalue weighted by molar-refractivity contribution is 6.58. The molecule has 2 aromatic rings. The topological polar surface area (TPSA) is 57.5 Å². The van der Waals surface area contributed by atoms with Crippen molar-refractivity contribution < 1.29 is 14.8 Å². The molecule has 2 rings (SSSR count). The van der Waals surface area contributed by atoms with Crippen LogP contribution in [0.25, 0.3) is 11.1 Å². The van der Waals surface area contributed by atoms with E-state index >= 15 is 0 Å². The van der Waals surface area contributed by atoms with Gasteiger partial charge in [-0.3, -0.25) is 4.79 Å². The van der Waals surface area contributed by atoms with Gasteiger partial charge in [0.1, 0.15) is 0 Å². The van der Waals surface area contributed by atoms with Crippen LogP contribution >= 0.6 is 0 Å². The molecule has 0 aliphatic heterocycles. The summed E-state index contributed by atoms with van der Waals surface area (Å²) in [6, 6.07) is 14.2. The van der Waals surface area contributed by atoms with E-state index in [1.807, 2.05) is 18.2 Å². The van der Waals surface area contributed by atoms with Gasteiger partial charge in [0.05, 0.1) is 0 Å². The van der Waals surface area contributed by atoms with Crippen molar-refractivity contribution >= 4 is 18.4 Å². The number of ketones is 1. The van der Waals surface area contributed by atoms with Crippen LogP contribution in [0.15, 0.2) is 48.5 Å². The number of Topliss-reactive ketones (excluding diaryl/α,β-unsaturated/α-hetero) is 1. The Hall–Kier alpha value is -1.91. The monoisotopic (exact) mass is 240 g/mol. The zero-order valence-corrected chi connectivity index (χ0v) is 10.00. The van der Waals surface area contributed by atoms with E-state index in [-0.39, 0.29) is 5.78 Å². The first kappa shape index (κ1) is 12.5. The minimum absolute atomic E-state index is 0.0288. The van der Waals surface area contributed by atoms with Crippen molar-refractivity contribution in [1.29, 1.82) is 0 Å². The van der Waals surface area contributed by atoms with Crippen molar-refractivity contribution in [2.75, 3.05) is 0 Å². The number of carbonyl (C=O) groups is 1. The Kier molecular flexibility index (Phi) is 3.60. The molecule has 0 aliphatic carbocycles. The zero-order valence-electron chi connectivity index (χ0n) is 10.00. The molecule has 0 radical (unpaired) electrons. The average molecular weight is 240 g/mol. The first-order valence-corrected chi connectivity index (χ1v) is 5.65. The maximum Gasteiger partial charge on any atom is 0.488 e. The second-order valence-electron chi connectivity index (χ2n) is 4.13. The molecule has 0 bridgehead atoms. The highest BCUT2D eigenvalue weighted by Gasteiger charge is 2.11. The van der Waals surface area contributed by atoms with Crippen LogP contribution in [0.1, 0.15) is 17.3 Å². The van der Waals surface area contributed by atoms with Gasteiger partial charge in [0, 0.05) is 5.56 Å². The van der Waals surface area contributed by atoms with Crippen molar-refractivity contribution in [3.05, 3.63) is 54.1 Å². The fraction of sp³-hybridized carbons (Fsp3) is 0.0714. The van der Waals surface area contributed by atoms with Gasteiger partial charge in [-0.05, 0) is 23.5 Å². The van der Waals surface area contributed by atoms with E-state index in [1.165, 1.54) is 6.92 Å². The van der Waals surface area contributed by atoms with Crippen LogP contribution in [-0.4, -0.2) is 22.9 Å². The zero-order chi connectivity index (χ0) is 13.1. The van der Waals surface area contributed by atoms with Crippen molar-refractivity contribution in [1.82, 2.24) is 0 Å². The molecular formula is C14H13BO3. The first-order chi connectivity index (χ1) is 8.58. The van der Waals surface area contributed by atoms with Crippen LogP contribution in [0.4, 0.5) is 0 Å². The van der Waals surface area contributed by atoms with Gasteiger partial charge in [-0.2, -0.15) is 0 Å². The van der Waals surface area contributed by atoms with E-state index < -0.39 is 7.12 Å². The summed E-state index contributed by atoms with van der Waals surface area (Å²) < 4.78 is 0. The van der Waals surface area contributed by atoms with Gasteiger partial charge in [0.2, 0.25) is 0 Å². The van der Waals surface area contributed by atoms with Crippen molar-refractivity contribution in [3.63, 3.8) is 0 Å². The molecule has 2 N–H and O–H groups in total. The lowest BCUT2D eigenvalue weighted by atomic mass is 9.79. The number of hydrogen-bond acceptors (Lipinski definition) is 3. The lowest BCUT2D eigenvalue weighted by molar-refractivity contribution is 0.101. The summed E-state index contributed by atoms with van der Waals surface area (Å²) in [7, 11) is -1.47. The normalized spacial score (nSPS) is 10.2. The molecule has 0 aliphatic rings. The number of hydrogen-bond donors (Lipinski definition) is 2. The summed E-state index contributed by atoms with van der Waals surface area (Å²) in [4.78, 5) is 11.2. The molecule has 0 heterocycles. The average Bonchev–Trinajstić information content (AvgIpc) is 2.39. The van der Waals surface area contributed by atoms with Crippen LogP contribution in [0.5, 0.6) is 0 Å². The van der Waals surface area contributed by atoms with E-state index in [0.29, 0.717) is 11.0 Å². The summed E-state index contributed by atoms with van der Waals surface area (Å²) >= 11 is 0.